The Hall–Kier alpha value is -5.24. The number of aromatic nitrogens is 2. The van der Waals surface area contributed by atoms with Crippen molar-refractivity contribution in [1.29, 1.82) is 0 Å². The van der Waals surface area contributed by atoms with Crippen molar-refractivity contribution in [2.45, 2.75) is 38.8 Å². The number of rotatable bonds is 14. The summed E-state index contributed by atoms with van der Waals surface area (Å²) in [7, 11) is 8.15. The van der Waals surface area contributed by atoms with Crippen molar-refractivity contribution >= 4 is 34.6 Å². The smallest absolute Gasteiger partial charge is 0.261 e. The maximum Gasteiger partial charge on any atom is 0.261 e. The van der Waals surface area contributed by atoms with Crippen LogP contribution in [-0.2, 0) is 22.7 Å². The quantitative estimate of drug-likeness (QED) is 0.141. The molecule has 48 heavy (non-hydrogen) atoms. The summed E-state index contributed by atoms with van der Waals surface area (Å²) in [5.41, 5.74) is 6.64. The summed E-state index contributed by atoms with van der Waals surface area (Å²) < 4.78 is 4.36. The van der Waals surface area contributed by atoms with E-state index in [2.05, 4.69) is 68.0 Å². The van der Waals surface area contributed by atoms with Crippen LogP contribution < -0.4 is 18.9 Å². The molecule has 8 heteroatoms. The third-order valence-electron chi connectivity index (χ3n) is 9.15. The number of nitrogens with zero attached hydrogens (tertiary/aromatic N) is 6. The van der Waals surface area contributed by atoms with E-state index in [1.165, 1.54) is 0 Å². The van der Waals surface area contributed by atoms with Gasteiger partial charge in [-0.25, -0.2) is 9.13 Å². The first-order valence-electron chi connectivity index (χ1n) is 16.9. The van der Waals surface area contributed by atoms with E-state index in [9.17, 15) is 9.59 Å². The molecular formula is C40H46N6O2+2. The van der Waals surface area contributed by atoms with E-state index in [1.807, 2.05) is 98.7 Å². The predicted octanol–water partition coefficient (Wildman–Crippen LogP) is 5.16. The Morgan fingerprint density at radius 3 is 1.19 bits per heavy atom. The van der Waals surface area contributed by atoms with Crippen molar-refractivity contribution in [3.8, 4) is 0 Å². The van der Waals surface area contributed by atoms with Crippen LogP contribution in [0.4, 0.5) is 11.4 Å². The predicted molar refractivity (Wildman–Crippen MR) is 191 cm³/mol. The number of amides is 2. The maximum atomic E-state index is 14.4. The molecule has 2 aliphatic rings. The normalized spacial score (nSPS) is 14.3. The molecule has 0 radical (unpaired) electrons. The van der Waals surface area contributed by atoms with Crippen LogP contribution >= 0.6 is 0 Å². The highest BCUT2D eigenvalue weighted by molar-refractivity contribution is 6.30. The van der Waals surface area contributed by atoms with Gasteiger partial charge in [0.2, 0.25) is 0 Å². The van der Waals surface area contributed by atoms with E-state index in [-0.39, 0.29) is 11.8 Å². The van der Waals surface area contributed by atoms with Crippen molar-refractivity contribution in [2.24, 2.45) is 0 Å². The van der Waals surface area contributed by atoms with Gasteiger partial charge in [-0.15, -0.1) is 0 Å². The Labute approximate surface area is 284 Å². The van der Waals surface area contributed by atoms with Gasteiger partial charge in [0.1, 0.15) is 13.1 Å². The zero-order chi connectivity index (χ0) is 33.6. The largest absolute Gasteiger partial charge is 0.377 e. The van der Waals surface area contributed by atoms with Crippen molar-refractivity contribution < 1.29 is 18.7 Å². The fourth-order valence-corrected chi connectivity index (χ4v) is 6.54. The lowest BCUT2D eigenvalue weighted by atomic mass is 10.0. The highest BCUT2D eigenvalue weighted by atomic mass is 16.2. The first kappa shape index (κ1) is 32.7. The zero-order valence-corrected chi connectivity index (χ0v) is 28.5. The van der Waals surface area contributed by atoms with Gasteiger partial charge < -0.3 is 19.6 Å². The summed E-state index contributed by atoms with van der Waals surface area (Å²) in [4.78, 5) is 36.7. The molecule has 2 aliphatic heterocycles. The van der Waals surface area contributed by atoms with E-state index in [0.717, 1.165) is 72.7 Å². The minimum Gasteiger partial charge on any atom is -0.377 e. The lowest BCUT2D eigenvalue weighted by Crippen LogP contribution is -2.34. The minimum absolute atomic E-state index is 0.0851. The maximum absolute atomic E-state index is 14.4. The highest BCUT2D eigenvalue weighted by Crippen LogP contribution is 2.46. The zero-order valence-electron chi connectivity index (χ0n) is 28.5. The van der Waals surface area contributed by atoms with Gasteiger partial charge in [0.25, 0.3) is 11.8 Å². The van der Waals surface area contributed by atoms with Crippen LogP contribution in [0.3, 0.4) is 0 Å². The van der Waals surface area contributed by atoms with Gasteiger partial charge in [0, 0.05) is 89.8 Å². The Bertz CT molecular complexity index is 1660. The molecule has 246 valence electrons. The van der Waals surface area contributed by atoms with E-state index < -0.39 is 0 Å². The lowest BCUT2D eigenvalue weighted by molar-refractivity contribution is -0.697. The summed E-state index contributed by atoms with van der Waals surface area (Å²) in [5, 5.41) is 0. The van der Waals surface area contributed by atoms with E-state index in [0.29, 0.717) is 24.2 Å². The SMILES string of the molecule is CN(C)c1cc[n+](CCCCN2C(=O)C3=C(c4ccccc4)N(CCCC[n+]4ccc(N(C)C)cc4)C(=O)C3=C2c2ccccc2)cc1. The fourth-order valence-electron chi connectivity index (χ4n) is 6.54. The summed E-state index contributed by atoms with van der Waals surface area (Å²) in [5.74, 6) is -0.170. The van der Waals surface area contributed by atoms with Gasteiger partial charge >= 0.3 is 0 Å². The first-order chi connectivity index (χ1) is 23.3. The van der Waals surface area contributed by atoms with Crippen LogP contribution in [0.5, 0.6) is 0 Å². The van der Waals surface area contributed by atoms with Crippen LogP contribution in [0.2, 0.25) is 0 Å². The molecule has 4 heterocycles. The molecule has 2 aromatic heterocycles. The molecule has 8 nitrogen and oxygen atoms in total. The molecule has 2 amide bonds. The Morgan fingerprint density at radius 2 is 0.854 bits per heavy atom. The number of carbonyl (C=O) groups is 2. The molecule has 0 fully saturated rings. The number of aryl methyl sites for hydroxylation is 2. The van der Waals surface area contributed by atoms with Crippen molar-refractivity contribution in [1.82, 2.24) is 9.80 Å². The minimum atomic E-state index is -0.0851. The van der Waals surface area contributed by atoms with Gasteiger partial charge in [-0.3, -0.25) is 9.59 Å². The number of pyridine rings is 2. The third kappa shape index (κ3) is 6.88. The molecule has 0 unspecified atom stereocenters. The molecule has 6 rings (SSSR count). The standard InChI is InChI=1S/C40H46N6O2/c1-41(2)33-19-27-43(28-20-33)23-11-13-25-45-37(31-15-7-5-8-16-31)35-36(39(45)47)38(32-17-9-6-10-18-32)46(40(35)48)26-14-12-24-44-29-21-34(22-30-44)42(3)4/h5-10,15-22,27-30H,11-14,23-26H2,1-4H3/q+2. The molecule has 2 aromatic carbocycles. The molecule has 0 aliphatic carbocycles. The Kier molecular flexibility index (Phi) is 9.99. The fraction of sp³-hybridized carbons (Fsp3) is 0.300. The molecule has 0 atom stereocenters. The molecule has 4 aromatic rings. The van der Waals surface area contributed by atoms with Crippen LogP contribution in [0.1, 0.15) is 36.8 Å². The van der Waals surface area contributed by atoms with Crippen molar-refractivity contribution in [3.63, 3.8) is 0 Å². The number of hydrogen-bond acceptors (Lipinski definition) is 4. The number of hydrogen-bond donors (Lipinski definition) is 0. The monoisotopic (exact) mass is 642 g/mol. The lowest BCUT2D eigenvalue weighted by Gasteiger charge is -2.25. The molecular weight excluding hydrogens is 596 g/mol. The van der Waals surface area contributed by atoms with Crippen LogP contribution in [-0.4, -0.2) is 62.9 Å². The second-order valence-corrected chi connectivity index (χ2v) is 12.9. The van der Waals surface area contributed by atoms with Crippen molar-refractivity contribution in [3.05, 3.63) is 132 Å². The molecule has 0 saturated carbocycles. The number of carbonyl (C=O) groups excluding carboxylic acids is 2. The van der Waals surface area contributed by atoms with Crippen LogP contribution in [0, 0.1) is 0 Å². The number of benzene rings is 2. The summed E-state index contributed by atoms with van der Waals surface area (Å²) in [6, 6.07) is 28.3. The molecule has 0 spiro atoms. The van der Waals surface area contributed by atoms with Crippen LogP contribution in [0.25, 0.3) is 11.4 Å². The van der Waals surface area contributed by atoms with E-state index in [1.54, 1.807) is 0 Å². The van der Waals surface area contributed by atoms with Gasteiger partial charge in [0.05, 0.1) is 22.5 Å². The van der Waals surface area contributed by atoms with Gasteiger partial charge in [-0.1, -0.05) is 60.7 Å². The molecule has 0 bridgehead atoms. The summed E-state index contributed by atoms with van der Waals surface area (Å²) >= 11 is 0. The average molecular weight is 643 g/mol. The Morgan fingerprint density at radius 1 is 0.500 bits per heavy atom. The second kappa shape index (κ2) is 14.7. The highest BCUT2D eigenvalue weighted by Gasteiger charge is 2.48. The number of unbranched alkanes of at least 4 members (excludes halogenated alkanes) is 2. The number of fused-ring (bicyclic) bond motifs is 1. The summed E-state index contributed by atoms with van der Waals surface area (Å²) in [6.07, 6.45) is 11.8. The summed E-state index contributed by atoms with van der Waals surface area (Å²) in [6.45, 7) is 2.81. The van der Waals surface area contributed by atoms with Gasteiger partial charge in [-0.05, 0) is 24.0 Å². The van der Waals surface area contributed by atoms with Crippen LogP contribution in [0.15, 0.2) is 121 Å². The average Bonchev–Trinajstić information content (AvgIpc) is 3.56. The van der Waals surface area contributed by atoms with Gasteiger partial charge in [0.15, 0.2) is 24.8 Å². The topological polar surface area (TPSA) is 54.9 Å². The van der Waals surface area contributed by atoms with E-state index in [4.69, 9.17) is 0 Å². The molecule has 0 saturated heterocycles. The third-order valence-corrected chi connectivity index (χ3v) is 9.15. The first-order valence-corrected chi connectivity index (χ1v) is 16.9. The van der Waals surface area contributed by atoms with Crippen molar-refractivity contribution in [2.75, 3.05) is 51.1 Å². The Balaban J connectivity index is 1.23. The van der Waals surface area contributed by atoms with E-state index >= 15 is 0 Å². The number of anilines is 2. The second-order valence-electron chi connectivity index (χ2n) is 12.9. The van der Waals surface area contributed by atoms with Gasteiger partial charge in [-0.2, -0.15) is 0 Å². The molecule has 0 N–H and O–H groups in total.